The van der Waals surface area contributed by atoms with Gasteiger partial charge in [0.25, 0.3) is 5.91 Å². The number of para-hydroxylation sites is 1. The highest BCUT2D eigenvalue weighted by Gasteiger charge is 2.04. The van der Waals surface area contributed by atoms with E-state index < -0.39 is 0 Å². The molecule has 3 N–H and O–H groups in total. The zero-order chi connectivity index (χ0) is 18.6. The van der Waals surface area contributed by atoms with Crippen LogP contribution in [0.1, 0.15) is 22.8 Å². The van der Waals surface area contributed by atoms with Crippen LogP contribution in [0.4, 0.5) is 0 Å². The van der Waals surface area contributed by atoms with Crippen LogP contribution in [-0.4, -0.2) is 38.6 Å². The van der Waals surface area contributed by atoms with Crippen molar-refractivity contribution in [2.75, 3.05) is 26.7 Å². The minimum absolute atomic E-state index is 0.0802. The molecule has 0 fully saturated rings. The van der Waals surface area contributed by atoms with Gasteiger partial charge in [-0.2, -0.15) is 0 Å². The van der Waals surface area contributed by atoms with Crippen LogP contribution in [0.3, 0.4) is 0 Å². The summed E-state index contributed by atoms with van der Waals surface area (Å²) >= 11 is 0. The van der Waals surface area contributed by atoms with Crippen molar-refractivity contribution < 1.29 is 9.53 Å². The van der Waals surface area contributed by atoms with Crippen LogP contribution >= 0.6 is 0 Å². The number of amides is 1. The topological polar surface area (TPSA) is 74.8 Å². The highest BCUT2D eigenvalue weighted by molar-refractivity contribution is 5.94. The summed E-state index contributed by atoms with van der Waals surface area (Å²) in [5, 5.41) is 9.30. The second kappa shape index (κ2) is 10.8. The normalized spacial score (nSPS) is 10.9. The highest BCUT2D eigenvalue weighted by Crippen LogP contribution is 2.17. The van der Waals surface area contributed by atoms with Crippen LogP contribution in [0.25, 0.3) is 0 Å². The molecule has 6 nitrogen and oxygen atoms in total. The van der Waals surface area contributed by atoms with E-state index in [4.69, 9.17) is 4.74 Å². The lowest BCUT2D eigenvalue weighted by Crippen LogP contribution is -2.41. The number of rotatable bonds is 8. The van der Waals surface area contributed by atoms with Gasteiger partial charge in [0.05, 0.1) is 13.7 Å². The molecule has 0 aliphatic carbocycles. The van der Waals surface area contributed by atoms with Crippen molar-refractivity contribution >= 4 is 11.9 Å². The average Bonchev–Trinajstić information content (AvgIpc) is 2.69. The summed E-state index contributed by atoms with van der Waals surface area (Å²) < 4.78 is 5.35. The lowest BCUT2D eigenvalue weighted by molar-refractivity contribution is 0.0954. The Bertz CT molecular complexity index is 717. The molecule has 0 saturated heterocycles. The van der Waals surface area contributed by atoms with Gasteiger partial charge in [0.15, 0.2) is 5.96 Å². The largest absolute Gasteiger partial charge is 0.496 e. The van der Waals surface area contributed by atoms with E-state index >= 15 is 0 Å². The van der Waals surface area contributed by atoms with Crippen LogP contribution in [0, 0.1) is 0 Å². The Labute approximate surface area is 154 Å². The summed E-state index contributed by atoms with van der Waals surface area (Å²) in [6, 6.07) is 17.0. The van der Waals surface area contributed by atoms with Crippen LogP contribution in [0.15, 0.2) is 59.6 Å². The standard InChI is InChI=1S/C20H26N4O2/c1-3-21-20(24-15-17-11-7-8-12-18(17)26-2)23-14-13-22-19(25)16-9-5-4-6-10-16/h4-12H,3,13-15H2,1-2H3,(H,22,25)(H2,21,23,24). The number of hydrogen-bond acceptors (Lipinski definition) is 3. The number of methoxy groups -OCH3 is 1. The lowest BCUT2D eigenvalue weighted by Gasteiger charge is -2.12. The maximum atomic E-state index is 12.0. The first kappa shape index (κ1) is 19.3. The zero-order valence-corrected chi connectivity index (χ0v) is 15.3. The fraction of sp³-hybridized carbons (Fsp3) is 0.300. The third-order valence-electron chi connectivity index (χ3n) is 3.68. The van der Waals surface area contributed by atoms with Crippen molar-refractivity contribution in [1.29, 1.82) is 0 Å². The minimum Gasteiger partial charge on any atom is -0.496 e. The number of aliphatic imine (C=N–C) groups is 1. The SMILES string of the molecule is CCNC(=NCc1ccccc1OC)NCCNC(=O)c1ccccc1. The number of carbonyl (C=O) groups is 1. The van der Waals surface area contributed by atoms with E-state index in [9.17, 15) is 4.79 Å². The van der Waals surface area contributed by atoms with Gasteiger partial charge in [-0.15, -0.1) is 0 Å². The Morgan fingerprint density at radius 1 is 0.962 bits per heavy atom. The van der Waals surface area contributed by atoms with E-state index in [0.717, 1.165) is 17.9 Å². The first-order valence-corrected chi connectivity index (χ1v) is 8.72. The average molecular weight is 354 g/mol. The van der Waals surface area contributed by atoms with E-state index in [0.29, 0.717) is 31.2 Å². The number of nitrogens with one attached hydrogen (secondary N) is 3. The minimum atomic E-state index is -0.0802. The summed E-state index contributed by atoms with van der Waals surface area (Å²) in [6.45, 7) is 4.37. The van der Waals surface area contributed by atoms with Crippen molar-refractivity contribution in [3.05, 3.63) is 65.7 Å². The Kier molecular flexibility index (Phi) is 7.99. The van der Waals surface area contributed by atoms with Crippen molar-refractivity contribution in [3.63, 3.8) is 0 Å². The van der Waals surface area contributed by atoms with Crippen LogP contribution in [-0.2, 0) is 6.54 Å². The van der Waals surface area contributed by atoms with E-state index in [-0.39, 0.29) is 5.91 Å². The molecular weight excluding hydrogens is 328 g/mol. The van der Waals surface area contributed by atoms with Crippen molar-refractivity contribution in [3.8, 4) is 5.75 Å². The van der Waals surface area contributed by atoms with Crippen LogP contribution < -0.4 is 20.7 Å². The quantitative estimate of drug-likeness (QED) is 0.386. The Balaban J connectivity index is 1.83. The lowest BCUT2D eigenvalue weighted by atomic mass is 10.2. The number of guanidine groups is 1. The molecule has 26 heavy (non-hydrogen) atoms. The second-order valence-electron chi connectivity index (χ2n) is 5.56. The Hall–Kier alpha value is -3.02. The van der Waals surface area contributed by atoms with E-state index in [1.807, 2.05) is 49.4 Å². The molecule has 0 bridgehead atoms. The van der Waals surface area contributed by atoms with Gasteiger partial charge in [-0.3, -0.25) is 4.79 Å². The molecule has 0 heterocycles. The smallest absolute Gasteiger partial charge is 0.251 e. The number of ether oxygens (including phenoxy) is 1. The summed E-state index contributed by atoms with van der Waals surface area (Å²) in [7, 11) is 1.65. The molecule has 138 valence electrons. The predicted octanol–water partition coefficient (Wildman–Crippen LogP) is 2.18. The molecule has 2 rings (SSSR count). The molecule has 0 radical (unpaired) electrons. The molecule has 0 aliphatic heterocycles. The van der Waals surface area contributed by atoms with Gasteiger partial charge in [0.2, 0.25) is 0 Å². The molecular formula is C20H26N4O2. The van der Waals surface area contributed by atoms with Crippen LogP contribution in [0.5, 0.6) is 5.75 Å². The van der Waals surface area contributed by atoms with Crippen LogP contribution in [0.2, 0.25) is 0 Å². The first-order valence-electron chi connectivity index (χ1n) is 8.72. The van der Waals surface area contributed by atoms with Gasteiger partial charge in [0.1, 0.15) is 5.75 Å². The molecule has 1 amide bonds. The third kappa shape index (κ3) is 6.12. The van der Waals surface area contributed by atoms with E-state index in [1.165, 1.54) is 0 Å². The van der Waals surface area contributed by atoms with Gasteiger partial charge >= 0.3 is 0 Å². The number of hydrogen-bond donors (Lipinski definition) is 3. The maximum absolute atomic E-state index is 12.0. The summed E-state index contributed by atoms with van der Waals surface area (Å²) in [5.74, 6) is 1.44. The molecule has 2 aromatic carbocycles. The highest BCUT2D eigenvalue weighted by atomic mass is 16.5. The van der Waals surface area contributed by atoms with Gasteiger partial charge in [-0.05, 0) is 25.1 Å². The number of benzene rings is 2. The van der Waals surface area contributed by atoms with Gasteiger partial charge in [-0.1, -0.05) is 36.4 Å². The predicted molar refractivity (Wildman–Crippen MR) is 105 cm³/mol. The second-order valence-corrected chi connectivity index (χ2v) is 5.56. The monoisotopic (exact) mass is 354 g/mol. The van der Waals surface area contributed by atoms with Crippen molar-refractivity contribution in [2.24, 2.45) is 4.99 Å². The molecule has 6 heteroatoms. The molecule has 2 aromatic rings. The van der Waals surface area contributed by atoms with Crippen molar-refractivity contribution in [2.45, 2.75) is 13.5 Å². The maximum Gasteiger partial charge on any atom is 0.251 e. The summed E-state index contributed by atoms with van der Waals surface area (Å²) in [5.41, 5.74) is 1.67. The third-order valence-corrected chi connectivity index (χ3v) is 3.68. The Morgan fingerprint density at radius 3 is 2.38 bits per heavy atom. The summed E-state index contributed by atoms with van der Waals surface area (Å²) in [4.78, 5) is 16.6. The molecule has 0 spiro atoms. The molecule has 0 aliphatic rings. The Morgan fingerprint density at radius 2 is 1.65 bits per heavy atom. The zero-order valence-electron chi connectivity index (χ0n) is 15.3. The molecule has 0 aromatic heterocycles. The molecule has 0 atom stereocenters. The van der Waals surface area contributed by atoms with Gasteiger partial charge in [0, 0.05) is 30.8 Å². The fourth-order valence-electron chi connectivity index (χ4n) is 2.39. The van der Waals surface area contributed by atoms with Gasteiger partial charge in [-0.25, -0.2) is 4.99 Å². The fourth-order valence-corrected chi connectivity index (χ4v) is 2.39. The number of carbonyl (C=O) groups excluding carboxylic acids is 1. The molecule has 0 saturated carbocycles. The van der Waals surface area contributed by atoms with Crippen molar-refractivity contribution in [1.82, 2.24) is 16.0 Å². The molecule has 0 unspecified atom stereocenters. The number of nitrogens with zero attached hydrogens (tertiary/aromatic N) is 1. The van der Waals surface area contributed by atoms with Gasteiger partial charge < -0.3 is 20.7 Å². The summed E-state index contributed by atoms with van der Waals surface area (Å²) in [6.07, 6.45) is 0. The van der Waals surface area contributed by atoms with E-state index in [2.05, 4.69) is 20.9 Å². The first-order chi connectivity index (χ1) is 12.7. The van der Waals surface area contributed by atoms with E-state index in [1.54, 1.807) is 19.2 Å².